The first-order valence-electron chi connectivity index (χ1n) is 17.1. The number of amides is 1. The number of hydrogen-bond donors (Lipinski definition) is 1. The predicted molar refractivity (Wildman–Crippen MR) is 194 cm³/mol. The molecule has 1 aliphatic rings. The van der Waals surface area contributed by atoms with Crippen LogP contribution in [-0.4, -0.2) is 45.9 Å². The van der Waals surface area contributed by atoms with E-state index in [9.17, 15) is 9.59 Å². The Hall–Kier alpha value is -5.40. The van der Waals surface area contributed by atoms with E-state index in [-0.39, 0.29) is 37.2 Å². The van der Waals surface area contributed by atoms with Gasteiger partial charge in [0.25, 0.3) is 0 Å². The number of benzene rings is 5. The average molecular weight is 670 g/mol. The van der Waals surface area contributed by atoms with Gasteiger partial charge in [0, 0.05) is 25.5 Å². The van der Waals surface area contributed by atoms with Crippen molar-refractivity contribution in [2.24, 2.45) is 0 Å². The van der Waals surface area contributed by atoms with Gasteiger partial charge in [-0.05, 0) is 76.1 Å². The summed E-state index contributed by atoms with van der Waals surface area (Å²) in [5.41, 5.74) is 6.74. The summed E-state index contributed by atoms with van der Waals surface area (Å²) in [6.07, 6.45) is 1.55. The molecule has 0 fully saturated rings. The number of rotatable bonds is 16. The van der Waals surface area contributed by atoms with Crippen molar-refractivity contribution in [2.45, 2.75) is 37.2 Å². The molecule has 7 nitrogen and oxygen atoms in total. The van der Waals surface area contributed by atoms with Crippen molar-refractivity contribution in [3.8, 4) is 22.6 Å². The number of fused-ring (bicyclic) bond motifs is 3. The van der Waals surface area contributed by atoms with E-state index in [0.717, 1.165) is 39.3 Å². The summed E-state index contributed by atoms with van der Waals surface area (Å²) in [6.45, 7) is 1.19. The zero-order valence-corrected chi connectivity index (χ0v) is 28.6. The highest BCUT2D eigenvalue weighted by molar-refractivity contribution is 5.82. The highest BCUT2D eigenvalue weighted by atomic mass is 16.5. The van der Waals surface area contributed by atoms with Crippen LogP contribution in [0, 0.1) is 0 Å². The van der Waals surface area contributed by atoms with E-state index in [1.807, 2.05) is 91.0 Å². The Kier molecular flexibility index (Phi) is 11.3. The minimum Gasteiger partial charge on any atom is -0.497 e. The number of methoxy groups -OCH3 is 2. The predicted octanol–water partition coefficient (Wildman–Crippen LogP) is 8.04. The molecule has 0 unspecified atom stereocenters. The first-order chi connectivity index (χ1) is 24.5. The van der Waals surface area contributed by atoms with E-state index in [2.05, 4.69) is 41.7 Å². The maximum Gasteiger partial charge on any atom is 0.306 e. The van der Waals surface area contributed by atoms with Crippen LogP contribution in [0.25, 0.3) is 11.1 Å². The Morgan fingerprint density at radius 2 is 1.14 bits per heavy atom. The van der Waals surface area contributed by atoms with Crippen LogP contribution in [0.2, 0.25) is 0 Å². The monoisotopic (exact) mass is 669 g/mol. The highest BCUT2D eigenvalue weighted by Crippen LogP contribution is 2.45. The lowest BCUT2D eigenvalue weighted by Gasteiger charge is -2.36. The van der Waals surface area contributed by atoms with E-state index in [1.54, 1.807) is 14.2 Å². The second-order valence-electron chi connectivity index (χ2n) is 12.3. The molecule has 0 bridgehead atoms. The number of nitrogens with one attached hydrogen (secondary N) is 1. The standard InChI is InChI=1S/C43H43NO6/c1-47-34-22-18-32(19-23-34)43(31-12-4-3-5-13-31,33-20-24-35(48-2)25-21-33)50-29-11-10-28-44-41(45)26-27-42(46)49-30-40-38-16-8-6-14-36(38)37-15-7-9-17-39(37)40/h3-9,12-25,40H,10-11,26-30H2,1-2H3,(H,44,45). The molecule has 0 heterocycles. The van der Waals surface area contributed by atoms with Gasteiger partial charge in [-0.2, -0.15) is 0 Å². The van der Waals surface area contributed by atoms with Crippen molar-refractivity contribution in [3.63, 3.8) is 0 Å². The van der Waals surface area contributed by atoms with Gasteiger partial charge in [0.05, 0.1) is 20.6 Å². The molecular formula is C43H43NO6. The smallest absolute Gasteiger partial charge is 0.306 e. The van der Waals surface area contributed by atoms with Gasteiger partial charge in [-0.3, -0.25) is 9.59 Å². The molecular weight excluding hydrogens is 626 g/mol. The molecule has 0 radical (unpaired) electrons. The molecule has 1 N–H and O–H groups in total. The molecule has 0 spiro atoms. The fourth-order valence-electron chi connectivity index (χ4n) is 6.75. The SMILES string of the molecule is COc1ccc(C(OCCCCNC(=O)CCC(=O)OCC2c3ccccc3-c3ccccc32)(c2ccccc2)c2ccc(OC)cc2)cc1. The Morgan fingerprint density at radius 1 is 0.620 bits per heavy atom. The van der Waals surface area contributed by atoms with Crippen LogP contribution >= 0.6 is 0 Å². The summed E-state index contributed by atoms with van der Waals surface area (Å²) in [6, 6.07) is 42.5. The molecule has 5 aromatic carbocycles. The molecule has 1 amide bonds. The fourth-order valence-corrected chi connectivity index (χ4v) is 6.75. The molecule has 0 saturated heterocycles. The zero-order chi connectivity index (χ0) is 34.8. The Bertz CT molecular complexity index is 1780. The van der Waals surface area contributed by atoms with Crippen molar-refractivity contribution in [1.29, 1.82) is 0 Å². The van der Waals surface area contributed by atoms with Crippen LogP contribution < -0.4 is 14.8 Å². The Labute approximate surface area is 294 Å². The van der Waals surface area contributed by atoms with Gasteiger partial charge in [0.1, 0.15) is 23.7 Å². The Morgan fingerprint density at radius 3 is 1.70 bits per heavy atom. The van der Waals surface area contributed by atoms with Crippen molar-refractivity contribution >= 4 is 11.9 Å². The maximum absolute atomic E-state index is 12.6. The molecule has 0 aliphatic heterocycles. The van der Waals surface area contributed by atoms with E-state index >= 15 is 0 Å². The first kappa shape index (κ1) is 34.5. The van der Waals surface area contributed by atoms with Gasteiger partial charge in [0.15, 0.2) is 0 Å². The largest absolute Gasteiger partial charge is 0.497 e. The van der Waals surface area contributed by atoms with Gasteiger partial charge in [0.2, 0.25) is 5.91 Å². The third kappa shape index (κ3) is 7.58. The summed E-state index contributed by atoms with van der Waals surface area (Å²) in [7, 11) is 3.30. The number of carbonyl (C=O) groups excluding carboxylic acids is 2. The molecule has 6 rings (SSSR count). The van der Waals surface area contributed by atoms with Crippen LogP contribution in [-0.2, 0) is 24.7 Å². The first-order valence-corrected chi connectivity index (χ1v) is 17.1. The van der Waals surface area contributed by atoms with Crippen molar-refractivity contribution < 1.29 is 28.5 Å². The van der Waals surface area contributed by atoms with E-state index in [1.165, 1.54) is 11.1 Å². The minimum absolute atomic E-state index is 0.00235. The van der Waals surface area contributed by atoms with Crippen molar-refractivity contribution in [1.82, 2.24) is 5.32 Å². The molecule has 0 atom stereocenters. The van der Waals surface area contributed by atoms with Crippen LogP contribution in [0.1, 0.15) is 59.4 Å². The van der Waals surface area contributed by atoms with E-state index in [0.29, 0.717) is 26.0 Å². The third-order valence-corrected chi connectivity index (χ3v) is 9.32. The molecule has 7 heteroatoms. The van der Waals surface area contributed by atoms with Crippen LogP contribution in [0.4, 0.5) is 0 Å². The summed E-state index contributed by atoms with van der Waals surface area (Å²) in [5.74, 6) is 0.983. The lowest BCUT2D eigenvalue weighted by Crippen LogP contribution is -2.33. The highest BCUT2D eigenvalue weighted by Gasteiger charge is 2.37. The lowest BCUT2D eigenvalue weighted by molar-refractivity contribution is -0.145. The number of esters is 1. The molecule has 0 aromatic heterocycles. The third-order valence-electron chi connectivity index (χ3n) is 9.32. The van der Waals surface area contributed by atoms with E-state index in [4.69, 9.17) is 18.9 Å². The molecule has 5 aromatic rings. The minimum atomic E-state index is -0.883. The number of unbranched alkanes of at least 4 members (excludes halogenated alkanes) is 1. The van der Waals surface area contributed by atoms with Crippen LogP contribution in [0.3, 0.4) is 0 Å². The molecule has 50 heavy (non-hydrogen) atoms. The zero-order valence-electron chi connectivity index (χ0n) is 28.6. The van der Waals surface area contributed by atoms with Crippen molar-refractivity contribution in [2.75, 3.05) is 34.0 Å². The van der Waals surface area contributed by atoms with Gasteiger partial charge in [-0.25, -0.2) is 0 Å². The second kappa shape index (κ2) is 16.3. The van der Waals surface area contributed by atoms with Gasteiger partial charge < -0.3 is 24.3 Å². The molecule has 256 valence electrons. The second-order valence-corrected chi connectivity index (χ2v) is 12.3. The lowest BCUT2D eigenvalue weighted by atomic mass is 9.80. The topological polar surface area (TPSA) is 83.1 Å². The van der Waals surface area contributed by atoms with Gasteiger partial charge in [-0.1, -0.05) is 103 Å². The molecule has 0 saturated carbocycles. The normalized spacial score (nSPS) is 12.1. The van der Waals surface area contributed by atoms with Gasteiger partial charge >= 0.3 is 5.97 Å². The summed E-state index contributed by atoms with van der Waals surface area (Å²) >= 11 is 0. The number of ether oxygens (including phenoxy) is 4. The molecule has 1 aliphatic carbocycles. The maximum atomic E-state index is 12.6. The van der Waals surface area contributed by atoms with Crippen molar-refractivity contribution in [3.05, 3.63) is 155 Å². The summed E-state index contributed by atoms with van der Waals surface area (Å²) in [4.78, 5) is 25.2. The Balaban J connectivity index is 1.01. The van der Waals surface area contributed by atoms with Crippen LogP contribution in [0.5, 0.6) is 11.5 Å². The van der Waals surface area contributed by atoms with Gasteiger partial charge in [-0.15, -0.1) is 0 Å². The quantitative estimate of drug-likeness (QED) is 0.0651. The van der Waals surface area contributed by atoms with E-state index < -0.39 is 5.60 Å². The summed E-state index contributed by atoms with van der Waals surface area (Å²) < 4.78 is 23.4. The average Bonchev–Trinajstić information content (AvgIpc) is 3.50. The van der Waals surface area contributed by atoms with Crippen LogP contribution in [0.15, 0.2) is 127 Å². The number of hydrogen-bond acceptors (Lipinski definition) is 6. The number of carbonyl (C=O) groups is 2. The fraction of sp³-hybridized carbons (Fsp3) is 0.256. The summed E-state index contributed by atoms with van der Waals surface area (Å²) in [5, 5.41) is 2.95.